The van der Waals surface area contributed by atoms with Crippen molar-refractivity contribution in [1.82, 2.24) is 5.48 Å². The highest BCUT2D eigenvalue weighted by atomic mass is 35.5. The Morgan fingerprint density at radius 2 is 1.87 bits per heavy atom. The molecule has 0 bridgehead atoms. The molecule has 122 valence electrons. The number of hydrogen-bond donors (Lipinski definition) is 2. The van der Waals surface area contributed by atoms with Crippen molar-refractivity contribution in [2.45, 2.75) is 32.3 Å². The van der Waals surface area contributed by atoms with Gasteiger partial charge in [-0.25, -0.2) is 5.48 Å². The molecule has 0 radical (unpaired) electrons. The quantitative estimate of drug-likeness (QED) is 0.605. The molecule has 2 N–H and O–H groups in total. The number of hydrogen-bond acceptors (Lipinski definition) is 3. The van der Waals surface area contributed by atoms with E-state index in [9.17, 15) is 4.79 Å². The Balaban J connectivity index is 2.09. The Hall–Kier alpha value is -2.04. The summed E-state index contributed by atoms with van der Waals surface area (Å²) in [5.41, 5.74) is 3.62. The lowest BCUT2D eigenvalue weighted by Gasteiger charge is -2.18. The summed E-state index contributed by atoms with van der Waals surface area (Å²) >= 11 is 6.30. The first kappa shape index (κ1) is 17.3. The topological polar surface area (TPSA) is 58.6 Å². The van der Waals surface area contributed by atoms with Crippen LogP contribution < -0.4 is 10.2 Å². The van der Waals surface area contributed by atoms with Crippen LogP contribution in [0.15, 0.2) is 48.5 Å². The van der Waals surface area contributed by atoms with Gasteiger partial charge in [0, 0.05) is 6.42 Å². The van der Waals surface area contributed by atoms with Crippen molar-refractivity contribution < 1.29 is 14.7 Å². The summed E-state index contributed by atoms with van der Waals surface area (Å²) in [6.07, 6.45) is 0.0742. The van der Waals surface area contributed by atoms with Crippen molar-refractivity contribution in [1.29, 1.82) is 0 Å². The predicted molar refractivity (Wildman–Crippen MR) is 89.9 cm³/mol. The fourth-order valence-electron chi connectivity index (χ4n) is 2.34. The van der Waals surface area contributed by atoms with E-state index in [0.29, 0.717) is 10.8 Å². The van der Waals surface area contributed by atoms with Crippen LogP contribution in [0.2, 0.25) is 5.02 Å². The van der Waals surface area contributed by atoms with Gasteiger partial charge in [0.05, 0.1) is 5.02 Å². The second-order valence-electron chi connectivity index (χ2n) is 5.50. The second-order valence-corrected chi connectivity index (χ2v) is 5.91. The summed E-state index contributed by atoms with van der Waals surface area (Å²) in [5.74, 6) is 0.123. The molecule has 23 heavy (non-hydrogen) atoms. The zero-order valence-corrected chi connectivity index (χ0v) is 13.9. The molecule has 0 saturated carbocycles. The van der Waals surface area contributed by atoms with Gasteiger partial charge in [-0.2, -0.15) is 0 Å². The molecule has 0 aliphatic rings. The zero-order chi connectivity index (χ0) is 16.8. The van der Waals surface area contributed by atoms with Crippen LogP contribution in [0.1, 0.15) is 43.4 Å². The lowest BCUT2D eigenvalue weighted by molar-refractivity contribution is -0.129. The standard InChI is InChI=1S/C18H20ClNO3/c1-12(10-18(21)20-22)15-8-9-17(16(19)11-15)23-13(2)14-6-4-3-5-7-14/h3-9,11-13,22H,10H2,1-2H3,(H,20,21). The number of halogens is 1. The van der Waals surface area contributed by atoms with E-state index in [2.05, 4.69) is 0 Å². The summed E-state index contributed by atoms with van der Waals surface area (Å²) in [4.78, 5) is 11.2. The molecule has 2 rings (SSSR count). The van der Waals surface area contributed by atoms with Crippen LogP contribution in [0.3, 0.4) is 0 Å². The van der Waals surface area contributed by atoms with Crippen molar-refractivity contribution in [2.24, 2.45) is 0 Å². The average Bonchev–Trinajstić information content (AvgIpc) is 2.57. The van der Waals surface area contributed by atoms with E-state index in [1.807, 2.05) is 56.3 Å². The van der Waals surface area contributed by atoms with Crippen LogP contribution in [0.5, 0.6) is 5.75 Å². The van der Waals surface area contributed by atoms with Crippen LogP contribution >= 0.6 is 11.6 Å². The van der Waals surface area contributed by atoms with Gasteiger partial charge < -0.3 is 4.74 Å². The number of carbonyl (C=O) groups excluding carboxylic acids is 1. The Labute approximate surface area is 141 Å². The van der Waals surface area contributed by atoms with E-state index < -0.39 is 5.91 Å². The SMILES string of the molecule is CC(CC(=O)NO)c1ccc(OC(C)c2ccccc2)c(Cl)c1. The molecule has 2 unspecified atom stereocenters. The molecule has 2 aromatic carbocycles. The van der Waals surface area contributed by atoms with Gasteiger partial charge >= 0.3 is 0 Å². The average molecular weight is 334 g/mol. The molecule has 2 atom stereocenters. The van der Waals surface area contributed by atoms with Gasteiger partial charge in [0.15, 0.2) is 0 Å². The van der Waals surface area contributed by atoms with Crippen molar-refractivity contribution in [3.8, 4) is 5.75 Å². The van der Waals surface area contributed by atoms with Crippen LogP contribution in [0.25, 0.3) is 0 Å². The third-order valence-electron chi connectivity index (χ3n) is 3.71. The van der Waals surface area contributed by atoms with Crippen molar-refractivity contribution in [3.05, 3.63) is 64.7 Å². The molecular formula is C18H20ClNO3. The summed E-state index contributed by atoms with van der Waals surface area (Å²) < 4.78 is 5.92. The Morgan fingerprint density at radius 3 is 2.48 bits per heavy atom. The Kier molecular flexibility index (Phi) is 6.02. The molecule has 0 aliphatic heterocycles. The maximum absolute atomic E-state index is 11.2. The number of benzene rings is 2. The smallest absolute Gasteiger partial charge is 0.243 e. The molecule has 0 aliphatic carbocycles. The second kappa shape index (κ2) is 7.99. The normalized spacial score (nSPS) is 13.2. The lowest BCUT2D eigenvalue weighted by Crippen LogP contribution is -2.20. The minimum Gasteiger partial charge on any atom is -0.484 e. The monoisotopic (exact) mass is 333 g/mol. The molecule has 0 spiro atoms. The van der Waals surface area contributed by atoms with Gasteiger partial charge in [0.1, 0.15) is 11.9 Å². The van der Waals surface area contributed by atoms with E-state index >= 15 is 0 Å². The third-order valence-corrected chi connectivity index (χ3v) is 4.01. The number of rotatable bonds is 6. The van der Waals surface area contributed by atoms with Crippen LogP contribution in [-0.4, -0.2) is 11.1 Å². The first-order valence-corrected chi connectivity index (χ1v) is 7.83. The molecule has 2 aromatic rings. The molecule has 1 amide bonds. The lowest BCUT2D eigenvalue weighted by atomic mass is 9.97. The highest BCUT2D eigenvalue weighted by molar-refractivity contribution is 6.32. The minimum absolute atomic E-state index is 0.0553. The van der Waals surface area contributed by atoms with E-state index in [0.717, 1.165) is 11.1 Å². The first-order chi connectivity index (χ1) is 11.0. The summed E-state index contributed by atoms with van der Waals surface area (Å²) in [6.45, 7) is 3.86. The zero-order valence-electron chi connectivity index (χ0n) is 13.1. The predicted octanol–water partition coefficient (Wildman–Crippen LogP) is 4.48. The van der Waals surface area contributed by atoms with Gasteiger partial charge in [0.25, 0.3) is 0 Å². The largest absolute Gasteiger partial charge is 0.484 e. The van der Waals surface area contributed by atoms with Gasteiger partial charge in [-0.15, -0.1) is 0 Å². The highest BCUT2D eigenvalue weighted by Gasteiger charge is 2.14. The Morgan fingerprint density at radius 1 is 1.17 bits per heavy atom. The molecular weight excluding hydrogens is 314 g/mol. The number of nitrogens with one attached hydrogen (secondary N) is 1. The van der Waals surface area contributed by atoms with Crippen molar-refractivity contribution >= 4 is 17.5 Å². The van der Waals surface area contributed by atoms with E-state index in [4.69, 9.17) is 21.5 Å². The molecule has 5 heteroatoms. The van der Waals surface area contributed by atoms with Crippen LogP contribution in [0, 0.1) is 0 Å². The summed E-state index contributed by atoms with van der Waals surface area (Å²) in [5, 5.41) is 9.09. The third kappa shape index (κ3) is 4.71. The van der Waals surface area contributed by atoms with Gasteiger partial charge in [0.2, 0.25) is 5.91 Å². The van der Waals surface area contributed by atoms with Crippen molar-refractivity contribution in [2.75, 3.05) is 0 Å². The van der Waals surface area contributed by atoms with Gasteiger partial charge in [-0.1, -0.05) is 54.9 Å². The molecule has 4 nitrogen and oxygen atoms in total. The number of carbonyl (C=O) groups is 1. The summed E-state index contributed by atoms with van der Waals surface area (Å²) in [6, 6.07) is 15.4. The molecule has 0 saturated heterocycles. The molecule has 0 fully saturated rings. The van der Waals surface area contributed by atoms with Gasteiger partial charge in [-0.05, 0) is 36.1 Å². The van der Waals surface area contributed by atoms with Crippen LogP contribution in [-0.2, 0) is 4.79 Å². The van der Waals surface area contributed by atoms with Crippen LogP contribution in [0.4, 0.5) is 0 Å². The maximum Gasteiger partial charge on any atom is 0.243 e. The Bertz CT molecular complexity index is 661. The number of ether oxygens (including phenoxy) is 1. The van der Waals surface area contributed by atoms with E-state index in [1.54, 1.807) is 11.5 Å². The molecule has 0 aromatic heterocycles. The fraction of sp³-hybridized carbons (Fsp3) is 0.278. The highest BCUT2D eigenvalue weighted by Crippen LogP contribution is 2.32. The van der Waals surface area contributed by atoms with Crippen molar-refractivity contribution in [3.63, 3.8) is 0 Å². The van der Waals surface area contributed by atoms with Gasteiger partial charge in [-0.3, -0.25) is 10.0 Å². The number of amides is 1. The maximum atomic E-state index is 11.2. The van der Waals surface area contributed by atoms with E-state index in [-0.39, 0.29) is 18.4 Å². The number of hydroxylamine groups is 1. The molecule has 0 heterocycles. The first-order valence-electron chi connectivity index (χ1n) is 7.45. The van der Waals surface area contributed by atoms with E-state index in [1.165, 1.54) is 0 Å². The summed E-state index contributed by atoms with van der Waals surface area (Å²) in [7, 11) is 0. The fourth-order valence-corrected chi connectivity index (χ4v) is 2.58. The minimum atomic E-state index is -0.424.